The number of benzene rings is 1. The summed E-state index contributed by atoms with van der Waals surface area (Å²) in [6, 6.07) is 3.52. The molecule has 1 aromatic carbocycles. The van der Waals surface area contributed by atoms with Gasteiger partial charge in [-0.15, -0.1) is 0 Å². The molecule has 4 amide bonds. The van der Waals surface area contributed by atoms with Gasteiger partial charge in [0, 0.05) is 13.0 Å². The van der Waals surface area contributed by atoms with Crippen LogP contribution in [-0.4, -0.2) is 87.6 Å². The highest BCUT2D eigenvalue weighted by Gasteiger charge is 2.41. The number of rotatable bonds is 15. The first kappa shape index (κ1) is 34.7. The third-order valence-electron chi connectivity index (χ3n) is 7.18. The average Bonchev–Trinajstić information content (AvgIpc) is 3.40. The van der Waals surface area contributed by atoms with E-state index in [1.165, 1.54) is 11.8 Å². The lowest BCUT2D eigenvalue weighted by Gasteiger charge is -2.31. The number of aliphatic carboxylic acids is 1. The predicted octanol–water partition coefficient (Wildman–Crippen LogP) is 0.559. The van der Waals surface area contributed by atoms with Crippen LogP contribution in [0.1, 0.15) is 65.9 Å². The van der Waals surface area contributed by atoms with Gasteiger partial charge in [-0.3, -0.25) is 19.2 Å². The first-order valence-corrected chi connectivity index (χ1v) is 14.6. The molecule has 0 aliphatic carbocycles. The molecule has 1 fully saturated rings. The summed E-state index contributed by atoms with van der Waals surface area (Å²) in [6.45, 7) is 9.18. The molecule has 42 heavy (non-hydrogen) atoms. The highest BCUT2D eigenvalue weighted by atomic mass is 16.4. The summed E-state index contributed by atoms with van der Waals surface area (Å²) in [5.74, 6) is -3.43. The van der Waals surface area contributed by atoms with Gasteiger partial charge in [-0.25, -0.2) is 4.79 Å². The number of nitrogens with zero attached hydrogens (tertiary/aromatic N) is 1. The highest BCUT2D eigenvalue weighted by Crippen LogP contribution is 2.20. The fraction of sp³-hybridized carbons (Fsp3) is 0.633. The van der Waals surface area contributed by atoms with Crippen molar-refractivity contribution in [2.45, 2.75) is 103 Å². The van der Waals surface area contributed by atoms with Gasteiger partial charge in [0.05, 0.1) is 12.1 Å². The smallest absolute Gasteiger partial charge is 0.326 e. The highest BCUT2D eigenvalue weighted by molar-refractivity contribution is 5.96. The molecule has 12 heteroatoms. The molecule has 0 radical (unpaired) electrons. The Morgan fingerprint density at radius 3 is 2.07 bits per heavy atom. The second kappa shape index (κ2) is 16.2. The van der Waals surface area contributed by atoms with E-state index in [0.29, 0.717) is 19.3 Å². The summed E-state index contributed by atoms with van der Waals surface area (Å²) < 4.78 is 0. The van der Waals surface area contributed by atoms with Gasteiger partial charge in [0.15, 0.2) is 0 Å². The fourth-order valence-corrected chi connectivity index (χ4v) is 5.04. The normalized spacial score (nSPS) is 18.6. The summed E-state index contributed by atoms with van der Waals surface area (Å²) in [6.07, 6.45) is 0.256. The SMILES string of the molecule is CC(C)C[C@H](NC(=O)[C@@H](N)CC(C)C)C(=O)N[C@H](C(=O)N1CCC[C@H]1C(=O)N[C@@H](Cc1ccccc1)C(=O)O)[C@@H](C)O. The van der Waals surface area contributed by atoms with Crippen LogP contribution in [0.4, 0.5) is 0 Å². The molecule has 1 aliphatic rings. The third kappa shape index (κ3) is 10.4. The van der Waals surface area contributed by atoms with Crippen molar-refractivity contribution < 1.29 is 34.2 Å². The number of likely N-dealkylation sites (tertiary alicyclic amines) is 1. The summed E-state index contributed by atoms with van der Waals surface area (Å²) in [4.78, 5) is 65.9. The van der Waals surface area contributed by atoms with Crippen LogP contribution >= 0.6 is 0 Å². The van der Waals surface area contributed by atoms with Gasteiger partial charge in [0.25, 0.3) is 0 Å². The summed E-state index contributed by atoms with van der Waals surface area (Å²) in [5.41, 5.74) is 6.73. The van der Waals surface area contributed by atoms with Crippen LogP contribution < -0.4 is 21.7 Å². The number of carbonyl (C=O) groups excluding carboxylic acids is 4. The van der Waals surface area contributed by atoms with E-state index in [4.69, 9.17) is 5.73 Å². The number of amides is 4. The molecular weight excluding hydrogens is 542 g/mol. The third-order valence-corrected chi connectivity index (χ3v) is 7.18. The number of nitrogens with one attached hydrogen (secondary N) is 3. The molecule has 7 N–H and O–H groups in total. The van der Waals surface area contributed by atoms with E-state index in [0.717, 1.165) is 5.56 Å². The lowest BCUT2D eigenvalue weighted by Crippen LogP contribution is -2.61. The topological polar surface area (TPSA) is 191 Å². The molecule has 0 unspecified atom stereocenters. The molecule has 1 heterocycles. The molecule has 1 saturated heterocycles. The van der Waals surface area contributed by atoms with Gasteiger partial charge >= 0.3 is 5.97 Å². The Morgan fingerprint density at radius 1 is 0.905 bits per heavy atom. The number of aliphatic hydroxyl groups is 1. The van der Waals surface area contributed by atoms with Gasteiger partial charge in [-0.05, 0) is 50.0 Å². The summed E-state index contributed by atoms with van der Waals surface area (Å²) in [5, 5.41) is 28.0. The van der Waals surface area contributed by atoms with E-state index in [9.17, 15) is 34.2 Å². The van der Waals surface area contributed by atoms with Crippen molar-refractivity contribution >= 4 is 29.6 Å². The minimum absolute atomic E-state index is 0.0211. The van der Waals surface area contributed by atoms with Crippen LogP contribution in [0.25, 0.3) is 0 Å². The maximum Gasteiger partial charge on any atom is 0.326 e. The first-order valence-electron chi connectivity index (χ1n) is 14.6. The van der Waals surface area contributed by atoms with Crippen molar-refractivity contribution in [3.8, 4) is 0 Å². The molecule has 2 rings (SSSR count). The second-order valence-corrected chi connectivity index (χ2v) is 11.9. The van der Waals surface area contributed by atoms with E-state index in [1.54, 1.807) is 30.3 Å². The van der Waals surface area contributed by atoms with Crippen molar-refractivity contribution in [2.75, 3.05) is 6.54 Å². The standard InChI is InChI=1S/C30H47N5O7/c1-17(2)14-21(31)26(37)32-22(15-18(3)4)27(38)34-25(19(5)36)29(40)35-13-9-12-24(35)28(39)33-23(30(41)42)16-20-10-7-6-8-11-20/h6-8,10-11,17-19,21-25,36H,9,12-16,31H2,1-5H3,(H,32,37)(H,33,39)(H,34,38)(H,41,42)/t19-,21+,22+,23+,24+,25+/m1/s1. The van der Waals surface area contributed by atoms with Gasteiger partial charge in [-0.2, -0.15) is 0 Å². The predicted molar refractivity (Wildman–Crippen MR) is 157 cm³/mol. The van der Waals surface area contributed by atoms with Gasteiger partial charge < -0.3 is 36.8 Å². The Morgan fingerprint density at radius 2 is 1.52 bits per heavy atom. The van der Waals surface area contributed by atoms with Crippen LogP contribution in [0.5, 0.6) is 0 Å². The molecule has 0 saturated carbocycles. The number of aliphatic hydroxyl groups excluding tert-OH is 1. The molecule has 12 nitrogen and oxygen atoms in total. The minimum Gasteiger partial charge on any atom is -0.480 e. The van der Waals surface area contributed by atoms with E-state index >= 15 is 0 Å². The van der Waals surface area contributed by atoms with Crippen molar-refractivity contribution in [3.05, 3.63) is 35.9 Å². The van der Waals surface area contributed by atoms with Crippen LogP contribution in [-0.2, 0) is 30.4 Å². The van der Waals surface area contributed by atoms with E-state index in [1.807, 2.05) is 27.7 Å². The zero-order chi connectivity index (χ0) is 31.6. The number of carbonyl (C=O) groups is 5. The van der Waals surface area contributed by atoms with Crippen molar-refractivity contribution in [3.63, 3.8) is 0 Å². The van der Waals surface area contributed by atoms with Gasteiger partial charge in [0.2, 0.25) is 23.6 Å². The molecule has 6 atom stereocenters. The van der Waals surface area contributed by atoms with Crippen molar-refractivity contribution in [1.82, 2.24) is 20.9 Å². The number of hydrogen-bond acceptors (Lipinski definition) is 7. The zero-order valence-corrected chi connectivity index (χ0v) is 25.2. The number of nitrogens with two attached hydrogens (primary N) is 1. The second-order valence-electron chi connectivity index (χ2n) is 11.9. The van der Waals surface area contributed by atoms with Crippen LogP contribution in [0.3, 0.4) is 0 Å². The number of carboxylic acids is 1. The lowest BCUT2D eigenvalue weighted by molar-refractivity contribution is -0.146. The molecular formula is C30H47N5O7. The molecule has 0 spiro atoms. The van der Waals surface area contributed by atoms with E-state index in [2.05, 4.69) is 16.0 Å². The monoisotopic (exact) mass is 589 g/mol. The van der Waals surface area contributed by atoms with Crippen LogP contribution in [0.15, 0.2) is 30.3 Å². The van der Waals surface area contributed by atoms with E-state index in [-0.39, 0.29) is 31.2 Å². The Labute approximate surface area is 247 Å². The van der Waals surface area contributed by atoms with Gasteiger partial charge in [-0.1, -0.05) is 58.0 Å². The molecule has 1 aromatic rings. The molecule has 234 valence electrons. The van der Waals surface area contributed by atoms with Crippen molar-refractivity contribution in [1.29, 1.82) is 0 Å². The van der Waals surface area contributed by atoms with Crippen LogP contribution in [0.2, 0.25) is 0 Å². The van der Waals surface area contributed by atoms with E-state index < -0.39 is 65.9 Å². The van der Waals surface area contributed by atoms with Gasteiger partial charge in [0.1, 0.15) is 24.2 Å². The lowest BCUT2D eigenvalue weighted by atomic mass is 10.00. The van der Waals surface area contributed by atoms with Crippen molar-refractivity contribution in [2.24, 2.45) is 17.6 Å². The maximum atomic E-state index is 13.6. The minimum atomic E-state index is -1.39. The zero-order valence-electron chi connectivity index (χ0n) is 25.2. The maximum absolute atomic E-state index is 13.6. The Hall–Kier alpha value is -3.51. The Balaban J connectivity index is 2.15. The Bertz CT molecular complexity index is 1080. The molecule has 1 aliphatic heterocycles. The molecule has 0 bridgehead atoms. The average molecular weight is 590 g/mol. The summed E-state index contributed by atoms with van der Waals surface area (Å²) in [7, 11) is 0. The number of hydrogen-bond donors (Lipinski definition) is 6. The largest absolute Gasteiger partial charge is 0.480 e. The van der Waals surface area contributed by atoms with Crippen LogP contribution in [0, 0.1) is 11.8 Å². The molecule has 0 aromatic heterocycles. The quantitative estimate of drug-likeness (QED) is 0.171. The summed E-state index contributed by atoms with van der Waals surface area (Å²) >= 11 is 0. The fourth-order valence-electron chi connectivity index (χ4n) is 5.04. The number of carboxylic acid groups (broad SMARTS) is 1. The Kier molecular flexibility index (Phi) is 13.4. The first-order chi connectivity index (χ1) is 19.7.